The molecular weight excluding hydrogens is 296 g/mol. The van der Waals surface area contributed by atoms with Gasteiger partial charge < -0.3 is 5.73 Å². The molecule has 1 aliphatic rings. The highest BCUT2D eigenvalue weighted by Crippen LogP contribution is 2.29. The zero-order chi connectivity index (χ0) is 14.9. The summed E-state index contributed by atoms with van der Waals surface area (Å²) < 4.78 is 2.06. The maximum atomic E-state index is 5.90. The predicted octanol–water partition coefficient (Wildman–Crippen LogP) is 2.77. The molecule has 0 amide bonds. The molecule has 5 heteroatoms. The number of hydrogen-bond acceptors (Lipinski definition) is 3. The molecule has 3 rings (SSSR count). The van der Waals surface area contributed by atoms with Gasteiger partial charge in [-0.05, 0) is 49.5 Å². The van der Waals surface area contributed by atoms with E-state index in [0.717, 1.165) is 26.2 Å². The topological polar surface area (TPSA) is 47.1 Å². The van der Waals surface area contributed by atoms with Crippen molar-refractivity contribution in [3.63, 3.8) is 0 Å². The summed E-state index contributed by atoms with van der Waals surface area (Å²) >= 11 is 0. The minimum Gasteiger partial charge on any atom is -0.330 e. The maximum absolute atomic E-state index is 5.90. The lowest BCUT2D eigenvalue weighted by Crippen LogP contribution is -2.31. The van der Waals surface area contributed by atoms with E-state index in [1.807, 2.05) is 6.20 Å². The highest BCUT2D eigenvalue weighted by Gasteiger charge is 2.32. The minimum atomic E-state index is 0. The van der Waals surface area contributed by atoms with Gasteiger partial charge in [-0.15, -0.1) is 12.4 Å². The van der Waals surface area contributed by atoms with Crippen LogP contribution < -0.4 is 5.73 Å². The van der Waals surface area contributed by atoms with Gasteiger partial charge in [-0.1, -0.05) is 25.1 Å². The van der Waals surface area contributed by atoms with Crippen molar-refractivity contribution >= 4 is 12.4 Å². The highest BCUT2D eigenvalue weighted by molar-refractivity contribution is 5.85. The van der Waals surface area contributed by atoms with Gasteiger partial charge in [-0.25, -0.2) is 4.68 Å². The number of aryl methyl sites for hydroxylation is 1. The first kappa shape index (κ1) is 17.0. The third-order valence-corrected chi connectivity index (χ3v) is 4.58. The van der Waals surface area contributed by atoms with E-state index >= 15 is 0 Å². The molecule has 1 aromatic carbocycles. The third kappa shape index (κ3) is 3.35. The Labute approximate surface area is 138 Å². The fraction of sp³-hybridized carbons (Fsp3) is 0.471. The molecule has 1 unspecified atom stereocenters. The summed E-state index contributed by atoms with van der Waals surface area (Å²) in [5.74, 6) is 0. The Hall–Kier alpha value is -1.36. The predicted molar refractivity (Wildman–Crippen MR) is 92.6 cm³/mol. The smallest absolute Gasteiger partial charge is 0.0678 e. The van der Waals surface area contributed by atoms with Crippen LogP contribution in [0, 0.1) is 12.3 Å². The first-order valence-corrected chi connectivity index (χ1v) is 7.63. The summed E-state index contributed by atoms with van der Waals surface area (Å²) in [5.41, 5.74) is 9.82. The van der Waals surface area contributed by atoms with Crippen molar-refractivity contribution in [2.75, 3.05) is 19.6 Å². The number of nitrogens with two attached hydrogens (primary N) is 1. The Kier molecular flexibility index (Phi) is 5.27. The summed E-state index contributed by atoms with van der Waals surface area (Å²) in [6, 6.07) is 10.5. The molecule has 0 saturated carbocycles. The van der Waals surface area contributed by atoms with Gasteiger partial charge in [0.25, 0.3) is 0 Å². The van der Waals surface area contributed by atoms with Gasteiger partial charge >= 0.3 is 0 Å². The number of rotatable bonds is 4. The van der Waals surface area contributed by atoms with E-state index in [2.05, 4.69) is 58.9 Å². The van der Waals surface area contributed by atoms with Crippen LogP contribution in [0.4, 0.5) is 0 Å². The molecule has 120 valence electrons. The van der Waals surface area contributed by atoms with E-state index in [4.69, 9.17) is 5.73 Å². The fourth-order valence-corrected chi connectivity index (χ4v) is 3.13. The molecule has 0 aliphatic carbocycles. The Bertz CT molecular complexity index is 625. The first-order chi connectivity index (χ1) is 10.1. The number of para-hydroxylation sites is 1. The minimum absolute atomic E-state index is 0. The largest absolute Gasteiger partial charge is 0.330 e. The van der Waals surface area contributed by atoms with E-state index in [0.29, 0.717) is 0 Å². The molecule has 4 nitrogen and oxygen atoms in total. The Morgan fingerprint density at radius 3 is 2.73 bits per heavy atom. The molecule has 2 N–H and O–H groups in total. The van der Waals surface area contributed by atoms with Gasteiger partial charge in [0.15, 0.2) is 0 Å². The van der Waals surface area contributed by atoms with Crippen LogP contribution in [0.5, 0.6) is 0 Å². The number of nitrogens with zero attached hydrogens (tertiary/aromatic N) is 3. The zero-order valence-electron chi connectivity index (χ0n) is 13.3. The van der Waals surface area contributed by atoms with E-state index in [1.54, 1.807) is 0 Å². The Balaban J connectivity index is 0.00000176. The lowest BCUT2D eigenvalue weighted by molar-refractivity contribution is 0.270. The van der Waals surface area contributed by atoms with E-state index < -0.39 is 0 Å². The van der Waals surface area contributed by atoms with Crippen LogP contribution in [0.3, 0.4) is 0 Å². The van der Waals surface area contributed by atoms with Crippen molar-refractivity contribution in [3.8, 4) is 5.69 Å². The second kappa shape index (κ2) is 6.82. The summed E-state index contributed by atoms with van der Waals surface area (Å²) in [6.07, 6.45) is 3.07. The molecule has 22 heavy (non-hydrogen) atoms. The van der Waals surface area contributed by atoms with Crippen molar-refractivity contribution < 1.29 is 0 Å². The van der Waals surface area contributed by atoms with E-state index in [-0.39, 0.29) is 17.8 Å². The average Bonchev–Trinajstić information content (AvgIpc) is 3.08. The second-order valence-electron chi connectivity index (χ2n) is 6.50. The molecular formula is C17H25ClN4. The van der Waals surface area contributed by atoms with Crippen LogP contribution in [-0.2, 0) is 6.54 Å². The van der Waals surface area contributed by atoms with Gasteiger partial charge in [0, 0.05) is 19.3 Å². The fourth-order valence-electron chi connectivity index (χ4n) is 3.13. The third-order valence-electron chi connectivity index (χ3n) is 4.58. The molecule has 0 bridgehead atoms. The van der Waals surface area contributed by atoms with Crippen LogP contribution in [0.1, 0.15) is 24.6 Å². The summed E-state index contributed by atoms with van der Waals surface area (Å²) in [4.78, 5) is 2.48. The SMILES string of the molecule is Cc1ccccc1-n1nccc1CN1CCC(C)(CN)C1.Cl. The molecule has 0 spiro atoms. The standard InChI is InChI=1S/C17H24N4.ClH/c1-14-5-3-4-6-16(14)21-15(7-9-19-21)11-20-10-8-17(2,12-18)13-20;/h3-7,9H,8,10-13,18H2,1-2H3;1H. The molecule has 2 aromatic rings. The van der Waals surface area contributed by atoms with Gasteiger partial charge in [0.2, 0.25) is 0 Å². The van der Waals surface area contributed by atoms with Crippen molar-refractivity contribution in [3.05, 3.63) is 47.8 Å². The quantitative estimate of drug-likeness (QED) is 0.942. The molecule has 1 saturated heterocycles. The van der Waals surface area contributed by atoms with Crippen molar-refractivity contribution in [2.24, 2.45) is 11.1 Å². The van der Waals surface area contributed by atoms with Crippen molar-refractivity contribution in [1.82, 2.24) is 14.7 Å². The van der Waals surface area contributed by atoms with Crippen molar-refractivity contribution in [2.45, 2.75) is 26.8 Å². The van der Waals surface area contributed by atoms with Gasteiger partial charge in [-0.2, -0.15) is 5.10 Å². The van der Waals surface area contributed by atoms with E-state index in [1.165, 1.54) is 23.4 Å². The Morgan fingerprint density at radius 1 is 1.27 bits per heavy atom. The van der Waals surface area contributed by atoms with Gasteiger partial charge in [-0.3, -0.25) is 4.90 Å². The summed E-state index contributed by atoms with van der Waals surface area (Å²) in [7, 11) is 0. The molecule has 1 fully saturated rings. The number of halogens is 1. The van der Waals surface area contributed by atoms with Crippen LogP contribution in [0.25, 0.3) is 5.69 Å². The lowest BCUT2D eigenvalue weighted by Gasteiger charge is -2.22. The lowest BCUT2D eigenvalue weighted by atomic mass is 9.90. The highest BCUT2D eigenvalue weighted by atomic mass is 35.5. The van der Waals surface area contributed by atoms with Gasteiger partial charge in [0.1, 0.15) is 0 Å². The van der Waals surface area contributed by atoms with Crippen molar-refractivity contribution in [1.29, 1.82) is 0 Å². The van der Waals surface area contributed by atoms with E-state index in [9.17, 15) is 0 Å². The Morgan fingerprint density at radius 2 is 2.05 bits per heavy atom. The second-order valence-corrected chi connectivity index (χ2v) is 6.50. The normalized spacial score (nSPS) is 21.8. The summed E-state index contributed by atoms with van der Waals surface area (Å²) in [5, 5.41) is 4.51. The van der Waals surface area contributed by atoms with Crippen LogP contribution in [-0.4, -0.2) is 34.3 Å². The number of likely N-dealkylation sites (tertiary alicyclic amines) is 1. The number of hydrogen-bond donors (Lipinski definition) is 1. The molecule has 1 aliphatic heterocycles. The molecule has 2 heterocycles. The summed E-state index contributed by atoms with van der Waals surface area (Å²) in [6.45, 7) is 8.30. The monoisotopic (exact) mass is 320 g/mol. The first-order valence-electron chi connectivity index (χ1n) is 7.63. The molecule has 0 radical (unpaired) electrons. The zero-order valence-corrected chi connectivity index (χ0v) is 14.1. The molecule has 1 atom stereocenters. The van der Waals surface area contributed by atoms with Gasteiger partial charge in [0.05, 0.1) is 11.4 Å². The maximum Gasteiger partial charge on any atom is 0.0678 e. The average molecular weight is 321 g/mol. The van der Waals surface area contributed by atoms with Crippen LogP contribution >= 0.6 is 12.4 Å². The van der Waals surface area contributed by atoms with Crippen LogP contribution in [0.2, 0.25) is 0 Å². The number of aromatic nitrogens is 2. The number of benzene rings is 1. The van der Waals surface area contributed by atoms with Crippen LogP contribution in [0.15, 0.2) is 36.5 Å². The molecule has 1 aromatic heterocycles.